The molecule has 1 aromatic rings. The van der Waals surface area contributed by atoms with Crippen molar-refractivity contribution >= 4 is 11.7 Å². The van der Waals surface area contributed by atoms with Gasteiger partial charge in [0.15, 0.2) is 11.6 Å². The summed E-state index contributed by atoms with van der Waals surface area (Å²) < 4.78 is 23.5. The minimum Gasteiger partial charge on any atom is -0.494 e. The second-order valence-corrected chi connectivity index (χ2v) is 4.68. The highest BCUT2D eigenvalue weighted by Gasteiger charge is 2.10. The Kier molecular flexibility index (Phi) is 5.77. The maximum absolute atomic E-state index is 13.5. The van der Waals surface area contributed by atoms with Gasteiger partial charge in [-0.15, -0.1) is 0 Å². The van der Waals surface area contributed by atoms with Gasteiger partial charge in [-0.3, -0.25) is 4.90 Å². The van der Waals surface area contributed by atoms with Crippen molar-refractivity contribution in [3.8, 4) is 5.75 Å². The second kappa shape index (κ2) is 7.80. The third kappa shape index (κ3) is 4.87. The fourth-order valence-corrected chi connectivity index (χ4v) is 2.07. The SMILES string of the molecule is COc1ccc(NC(=O)NCCN2CCOCC2)cc1F. The third-order valence-corrected chi connectivity index (χ3v) is 3.23. The molecule has 0 unspecified atom stereocenters. The Morgan fingerprint density at radius 2 is 2.19 bits per heavy atom. The lowest BCUT2D eigenvalue weighted by Gasteiger charge is -2.26. The summed E-state index contributed by atoms with van der Waals surface area (Å²) in [7, 11) is 1.39. The van der Waals surface area contributed by atoms with Gasteiger partial charge in [0.1, 0.15) is 0 Å². The number of amides is 2. The molecular formula is C14H20FN3O3. The summed E-state index contributed by atoms with van der Waals surface area (Å²) in [6, 6.07) is 3.93. The Morgan fingerprint density at radius 1 is 1.43 bits per heavy atom. The highest BCUT2D eigenvalue weighted by atomic mass is 19.1. The lowest BCUT2D eigenvalue weighted by atomic mass is 10.3. The molecule has 116 valence electrons. The van der Waals surface area contributed by atoms with Crippen LogP contribution in [0, 0.1) is 5.82 Å². The van der Waals surface area contributed by atoms with Crippen LogP contribution in [0.1, 0.15) is 0 Å². The van der Waals surface area contributed by atoms with Gasteiger partial charge in [0.2, 0.25) is 0 Å². The molecule has 1 aromatic carbocycles. The van der Waals surface area contributed by atoms with Gasteiger partial charge in [-0.25, -0.2) is 9.18 Å². The fraction of sp³-hybridized carbons (Fsp3) is 0.500. The molecule has 0 spiro atoms. The van der Waals surface area contributed by atoms with Crippen molar-refractivity contribution in [1.29, 1.82) is 0 Å². The van der Waals surface area contributed by atoms with Crippen molar-refractivity contribution in [1.82, 2.24) is 10.2 Å². The first-order valence-corrected chi connectivity index (χ1v) is 6.87. The molecule has 1 aliphatic rings. The first-order valence-electron chi connectivity index (χ1n) is 6.87. The van der Waals surface area contributed by atoms with E-state index in [4.69, 9.17) is 9.47 Å². The zero-order valence-electron chi connectivity index (χ0n) is 12.0. The molecule has 0 bridgehead atoms. The Hall–Kier alpha value is -1.86. The number of nitrogens with one attached hydrogen (secondary N) is 2. The molecule has 0 aromatic heterocycles. The number of nitrogens with zero attached hydrogens (tertiary/aromatic N) is 1. The summed E-state index contributed by atoms with van der Waals surface area (Å²) in [6.07, 6.45) is 0. The molecule has 0 saturated carbocycles. The van der Waals surface area contributed by atoms with Crippen LogP contribution in [0.25, 0.3) is 0 Å². The van der Waals surface area contributed by atoms with Crippen molar-refractivity contribution in [2.75, 3.05) is 51.8 Å². The number of methoxy groups -OCH3 is 1. The number of ether oxygens (including phenoxy) is 2. The molecule has 2 amide bonds. The van der Waals surface area contributed by atoms with Gasteiger partial charge >= 0.3 is 6.03 Å². The monoisotopic (exact) mass is 297 g/mol. The van der Waals surface area contributed by atoms with Crippen LogP contribution in [0.3, 0.4) is 0 Å². The Balaban J connectivity index is 1.72. The van der Waals surface area contributed by atoms with E-state index >= 15 is 0 Å². The smallest absolute Gasteiger partial charge is 0.319 e. The molecule has 1 saturated heterocycles. The lowest BCUT2D eigenvalue weighted by molar-refractivity contribution is 0.0388. The second-order valence-electron chi connectivity index (χ2n) is 4.68. The number of morpholine rings is 1. The highest BCUT2D eigenvalue weighted by Crippen LogP contribution is 2.20. The predicted octanol–water partition coefficient (Wildman–Crippen LogP) is 1.29. The zero-order chi connectivity index (χ0) is 15.1. The van der Waals surface area contributed by atoms with Gasteiger partial charge in [-0.1, -0.05) is 0 Å². The molecule has 7 heteroatoms. The Bertz CT molecular complexity index is 479. The standard InChI is InChI=1S/C14H20FN3O3/c1-20-13-3-2-11(10-12(13)15)17-14(19)16-4-5-18-6-8-21-9-7-18/h2-3,10H,4-9H2,1H3,(H2,16,17,19). The summed E-state index contributed by atoms with van der Waals surface area (Å²) in [6.45, 7) is 4.53. The van der Waals surface area contributed by atoms with Crippen molar-refractivity contribution < 1.29 is 18.7 Å². The van der Waals surface area contributed by atoms with E-state index in [9.17, 15) is 9.18 Å². The van der Waals surface area contributed by atoms with E-state index in [1.54, 1.807) is 6.07 Å². The summed E-state index contributed by atoms with van der Waals surface area (Å²) >= 11 is 0. The van der Waals surface area contributed by atoms with E-state index in [2.05, 4.69) is 15.5 Å². The van der Waals surface area contributed by atoms with E-state index in [1.807, 2.05) is 0 Å². The molecule has 1 heterocycles. The molecule has 0 atom stereocenters. The third-order valence-electron chi connectivity index (χ3n) is 3.23. The maximum Gasteiger partial charge on any atom is 0.319 e. The van der Waals surface area contributed by atoms with Crippen LogP contribution in [-0.2, 0) is 4.74 Å². The molecule has 0 radical (unpaired) electrons. The molecule has 2 rings (SSSR count). The van der Waals surface area contributed by atoms with Gasteiger partial charge in [-0.2, -0.15) is 0 Å². The number of halogens is 1. The number of hydrogen-bond acceptors (Lipinski definition) is 4. The van der Waals surface area contributed by atoms with E-state index in [1.165, 1.54) is 19.2 Å². The number of rotatable bonds is 5. The molecular weight excluding hydrogens is 277 g/mol. The minimum absolute atomic E-state index is 0.147. The summed E-state index contributed by atoms with van der Waals surface area (Å²) in [5.74, 6) is -0.364. The fourth-order valence-electron chi connectivity index (χ4n) is 2.07. The van der Waals surface area contributed by atoms with Crippen molar-refractivity contribution in [3.63, 3.8) is 0 Å². The van der Waals surface area contributed by atoms with Crippen LogP contribution < -0.4 is 15.4 Å². The summed E-state index contributed by atoms with van der Waals surface area (Å²) in [5, 5.41) is 5.32. The van der Waals surface area contributed by atoms with Crippen LogP contribution in [0.4, 0.5) is 14.9 Å². The van der Waals surface area contributed by atoms with Crippen molar-refractivity contribution in [3.05, 3.63) is 24.0 Å². The average Bonchev–Trinajstić information content (AvgIpc) is 2.48. The maximum atomic E-state index is 13.5. The number of carbonyl (C=O) groups is 1. The molecule has 2 N–H and O–H groups in total. The molecule has 21 heavy (non-hydrogen) atoms. The number of benzene rings is 1. The number of urea groups is 1. The molecule has 0 aliphatic carbocycles. The van der Waals surface area contributed by atoms with Crippen LogP contribution >= 0.6 is 0 Å². The van der Waals surface area contributed by atoms with E-state index in [0.29, 0.717) is 12.2 Å². The number of anilines is 1. The Morgan fingerprint density at radius 3 is 2.86 bits per heavy atom. The first kappa shape index (κ1) is 15.5. The van der Waals surface area contributed by atoms with E-state index in [-0.39, 0.29) is 11.8 Å². The Labute approximate surface area is 123 Å². The predicted molar refractivity (Wildman–Crippen MR) is 77.2 cm³/mol. The lowest BCUT2D eigenvalue weighted by Crippen LogP contribution is -2.42. The van der Waals surface area contributed by atoms with Gasteiger partial charge < -0.3 is 20.1 Å². The van der Waals surface area contributed by atoms with Gasteiger partial charge in [0, 0.05) is 37.9 Å². The van der Waals surface area contributed by atoms with Crippen LogP contribution in [0.5, 0.6) is 5.75 Å². The minimum atomic E-state index is -0.511. The van der Waals surface area contributed by atoms with Gasteiger partial charge in [-0.05, 0) is 12.1 Å². The number of hydrogen-bond donors (Lipinski definition) is 2. The quantitative estimate of drug-likeness (QED) is 0.859. The van der Waals surface area contributed by atoms with Crippen LogP contribution in [0.15, 0.2) is 18.2 Å². The highest BCUT2D eigenvalue weighted by molar-refractivity contribution is 5.89. The van der Waals surface area contributed by atoms with E-state index in [0.717, 1.165) is 32.8 Å². The van der Waals surface area contributed by atoms with Gasteiger partial charge in [0.25, 0.3) is 0 Å². The van der Waals surface area contributed by atoms with E-state index < -0.39 is 5.82 Å². The number of carbonyl (C=O) groups excluding carboxylic acids is 1. The molecule has 1 fully saturated rings. The van der Waals surface area contributed by atoms with Crippen molar-refractivity contribution in [2.24, 2.45) is 0 Å². The topological polar surface area (TPSA) is 62.8 Å². The van der Waals surface area contributed by atoms with Crippen LogP contribution in [-0.4, -0.2) is 57.4 Å². The van der Waals surface area contributed by atoms with Gasteiger partial charge in [0.05, 0.1) is 20.3 Å². The zero-order valence-corrected chi connectivity index (χ0v) is 12.0. The largest absolute Gasteiger partial charge is 0.494 e. The van der Waals surface area contributed by atoms with Crippen molar-refractivity contribution in [2.45, 2.75) is 0 Å². The molecule has 6 nitrogen and oxygen atoms in total. The van der Waals surface area contributed by atoms with Crippen LogP contribution in [0.2, 0.25) is 0 Å². The molecule has 1 aliphatic heterocycles. The summed E-state index contributed by atoms with van der Waals surface area (Å²) in [5.41, 5.74) is 0.386. The summed E-state index contributed by atoms with van der Waals surface area (Å²) in [4.78, 5) is 13.9. The first-order chi connectivity index (χ1) is 10.2. The average molecular weight is 297 g/mol. The normalized spacial score (nSPS) is 15.5.